The van der Waals surface area contributed by atoms with E-state index >= 15 is 0 Å². The second-order valence-corrected chi connectivity index (χ2v) is 6.67. The number of carbonyl (C=O) groups is 1. The molecule has 148 valence electrons. The van der Waals surface area contributed by atoms with E-state index in [-0.39, 0.29) is 5.91 Å². The Balaban J connectivity index is 1.89. The number of methoxy groups -OCH3 is 3. The Labute approximate surface area is 173 Å². The molecule has 0 saturated heterocycles. The van der Waals surface area contributed by atoms with Gasteiger partial charge in [0.1, 0.15) is 0 Å². The van der Waals surface area contributed by atoms with E-state index < -0.39 is 0 Å². The van der Waals surface area contributed by atoms with E-state index in [9.17, 15) is 4.79 Å². The second kappa shape index (κ2) is 7.56. The number of amides is 1. The summed E-state index contributed by atoms with van der Waals surface area (Å²) in [5, 5.41) is 0.495. The fourth-order valence-corrected chi connectivity index (χ4v) is 3.45. The van der Waals surface area contributed by atoms with E-state index in [1.807, 2.05) is 24.3 Å². The first-order valence-corrected chi connectivity index (χ1v) is 9.16. The summed E-state index contributed by atoms with van der Waals surface area (Å²) in [6.45, 7) is 0. The number of fused-ring (bicyclic) bond motifs is 2. The van der Waals surface area contributed by atoms with Gasteiger partial charge < -0.3 is 18.9 Å². The van der Waals surface area contributed by atoms with Gasteiger partial charge in [0.05, 0.1) is 32.7 Å². The van der Waals surface area contributed by atoms with E-state index in [2.05, 4.69) is 0 Å². The van der Waals surface area contributed by atoms with Gasteiger partial charge in [-0.3, -0.25) is 9.69 Å². The number of para-hydroxylation sites is 2. The van der Waals surface area contributed by atoms with Crippen LogP contribution in [-0.2, 0) is 0 Å². The molecule has 0 N–H and O–H groups in total. The van der Waals surface area contributed by atoms with Crippen molar-refractivity contribution in [3.63, 3.8) is 0 Å². The van der Waals surface area contributed by atoms with Crippen molar-refractivity contribution in [3.05, 3.63) is 65.2 Å². The Morgan fingerprint density at radius 1 is 0.862 bits per heavy atom. The normalized spacial score (nSPS) is 11.8. The summed E-state index contributed by atoms with van der Waals surface area (Å²) in [6.07, 6.45) is 0. The highest BCUT2D eigenvalue weighted by Crippen LogP contribution is 2.48. The molecule has 0 saturated carbocycles. The van der Waals surface area contributed by atoms with Crippen LogP contribution in [0.3, 0.4) is 0 Å². The average Bonchev–Trinajstić information content (AvgIpc) is 2.75. The van der Waals surface area contributed by atoms with Crippen molar-refractivity contribution in [2.75, 3.05) is 26.2 Å². The largest absolute Gasteiger partial charge is 0.493 e. The van der Waals surface area contributed by atoms with Gasteiger partial charge >= 0.3 is 0 Å². The number of hydrogen-bond donors (Lipinski definition) is 0. The topological polar surface area (TPSA) is 57.2 Å². The van der Waals surface area contributed by atoms with Crippen LogP contribution in [0.25, 0.3) is 0 Å². The van der Waals surface area contributed by atoms with Crippen LogP contribution in [-0.4, -0.2) is 27.2 Å². The number of hydrogen-bond acceptors (Lipinski definition) is 5. The molecule has 0 spiro atoms. The van der Waals surface area contributed by atoms with Gasteiger partial charge in [-0.25, -0.2) is 0 Å². The van der Waals surface area contributed by atoms with Crippen LogP contribution in [0.1, 0.15) is 10.4 Å². The molecule has 1 amide bonds. The van der Waals surface area contributed by atoms with Crippen LogP contribution < -0.4 is 23.8 Å². The van der Waals surface area contributed by atoms with E-state index in [1.165, 1.54) is 21.3 Å². The highest BCUT2D eigenvalue weighted by atomic mass is 35.5. The quantitative estimate of drug-likeness (QED) is 0.571. The van der Waals surface area contributed by atoms with Gasteiger partial charge in [0.2, 0.25) is 5.75 Å². The van der Waals surface area contributed by atoms with E-state index in [0.29, 0.717) is 50.7 Å². The van der Waals surface area contributed by atoms with Crippen molar-refractivity contribution in [1.29, 1.82) is 0 Å². The third-order valence-electron chi connectivity index (χ3n) is 4.60. The van der Waals surface area contributed by atoms with Crippen LogP contribution in [0.15, 0.2) is 54.6 Å². The zero-order valence-electron chi connectivity index (χ0n) is 16.1. The third kappa shape index (κ3) is 3.21. The maximum atomic E-state index is 13.6. The monoisotopic (exact) mass is 411 g/mol. The molecule has 1 aliphatic heterocycles. The molecule has 29 heavy (non-hydrogen) atoms. The van der Waals surface area contributed by atoms with E-state index in [0.717, 1.165) is 0 Å². The lowest BCUT2D eigenvalue weighted by atomic mass is 10.1. The Bertz CT molecular complexity index is 1070. The van der Waals surface area contributed by atoms with Crippen molar-refractivity contribution in [3.8, 4) is 28.7 Å². The molecule has 1 heterocycles. The lowest BCUT2D eigenvalue weighted by Crippen LogP contribution is -2.28. The zero-order chi connectivity index (χ0) is 20.5. The van der Waals surface area contributed by atoms with Gasteiger partial charge in [-0.05, 0) is 42.5 Å². The summed E-state index contributed by atoms with van der Waals surface area (Å²) in [5.74, 6) is 2.02. The van der Waals surface area contributed by atoms with Crippen LogP contribution in [0.4, 0.5) is 11.4 Å². The highest BCUT2D eigenvalue weighted by molar-refractivity contribution is 6.31. The predicted molar refractivity (Wildman–Crippen MR) is 111 cm³/mol. The van der Waals surface area contributed by atoms with Gasteiger partial charge in [0.25, 0.3) is 5.91 Å². The molecule has 0 atom stereocenters. The van der Waals surface area contributed by atoms with Crippen LogP contribution in [0, 0.1) is 0 Å². The van der Waals surface area contributed by atoms with Gasteiger partial charge in [-0.1, -0.05) is 23.7 Å². The van der Waals surface area contributed by atoms with Crippen LogP contribution >= 0.6 is 11.6 Å². The molecule has 3 aromatic carbocycles. The molecule has 6 nitrogen and oxygen atoms in total. The summed E-state index contributed by atoms with van der Waals surface area (Å²) >= 11 is 6.20. The van der Waals surface area contributed by atoms with Gasteiger partial charge in [0, 0.05) is 10.6 Å². The van der Waals surface area contributed by atoms with Crippen molar-refractivity contribution in [1.82, 2.24) is 0 Å². The number of halogens is 1. The van der Waals surface area contributed by atoms with Crippen molar-refractivity contribution >= 4 is 28.9 Å². The summed E-state index contributed by atoms with van der Waals surface area (Å²) < 4.78 is 22.1. The van der Waals surface area contributed by atoms with E-state index in [4.69, 9.17) is 30.5 Å². The number of benzene rings is 3. The maximum absolute atomic E-state index is 13.6. The molecular formula is C22H18ClNO5. The Kier molecular flexibility index (Phi) is 4.94. The second-order valence-electron chi connectivity index (χ2n) is 6.24. The summed E-state index contributed by atoms with van der Waals surface area (Å²) in [7, 11) is 4.52. The Hall–Kier alpha value is -3.38. The number of ether oxygens (including phenoxy) is 4. The smallest absolute Gasteiger partial charge is 0.263 e. The minimum absolute atomic E-state index is 0.288. The first kappa shape index (κ1) is 19.0. The number of rotatable bonds is 4. The third-order valence-corrected chi connectivity index (χ3v) is 4.84. The molecule has 4 rings (SSSR count). The fourth-order valence-electron chi connectivity index (χ4n) is 3.28. The number of carbonyl (C=O) groups excluding carboxylic acids is 1. The molecule has 7 heteroatoms. The lowest BCUT2D eigenvalue weighted by Gasteiger charge is -2.31. The first-order chi connectivity index (χ1) is 14.1. The molecule has 0 unspecified atom stereocenters. The van der Waals surface area contributed by atoms with Crippen molar-refractivity contribution in [2.24, 2.45) is 0 Å². The van der Waals surface area contributed by atoms with Crippen LogP contribution in [0.2, 0.25) is 5.02 Å². The molecule has 0 bridgehead atoms. The van der Waals surface area contributed by atoms with Gasteiger partial charge in [-0.2, -0.15) is 0 Å². The molecule has 0 aliphatic carbocycles. The number of nitrogens with zero attached hydrogens (tertiary/aromatic N) is 1. The van der Waals surface area contributed by atoms with Crippen molar-refractivity contribution in [2.45, 2.75) is 0 Å². The SMILES string of the molecule is COc1cc(C(=O)N2c3ccccc3Oc3ccc(Cl)cc32)cc(OC)c1OC. The molecule has 1 aliphatic rings. The van der Waals surface area contributed by atoms with Gasteiger partial charge in [0.15, 0.2) is 23.0 Å². The lowest BCUT2D eigenvalue weighted by molar-refractivity contribution is 0.0996. The van der Waals surface area contributed by atoms with Crippen molar-refractivity contribution < 1.29 is 23.7 Å². The molecule has 3 aromatic rings. The standard InChI is InChI=1S/C22H18ClNO5/c1-26-19-10-13(11-20(27-2)21(19)28-3)22(25)24-15-6-4-5-7-17(15)29-18-9-8-14(23)12-16(18)24/h4-12H,1-3H3. The molecular weight excluding hydrogens is 394 g/mol. The minimum Gasteiger partial charge on any atom is -0.493 e. The summed E-state index contributed by atoms with van der Waals surface area (Å²) in [5.41, 5.74) is 1.53. The fraction of sp³-hybridized carbons (Fsp3) is 0.136. The predicted octanol–water partition coefficient (Wildman–Crippen LogP) is 5.45. The molecule has 0 radical (unpaired) electrons. The Morgan fingerprint density at radius 3 is 2.17 bits per heavy atom. The molecule has 0 aromatic heterocycles. The van der Waals surface area contributed by atoms with Gasteiger partial charge in [-0.15, -0.1) is 0 Å². The zero-order valence-corrected chi connectivity index (χ0v) is 16.8. The van der Waals surface area contributed by atoms with Crippen LogP contribution in [0.5, 0.6) is 28.7 Å². The molecule has 0 fully saturated rings. The highest BCUT2D eigenvalue weighted by Gasteiger charge is 2.31. The van der Waals surface area contributed by atoms with E-state index in [1.54, 1.807) is 35.2 Å². The first-order valence-electron chi connectivity index (χ1n) is 8.78. The summed E-state index contributed by atoms with van der Waals surface area (Å²) in [6, 6.07) is 15.7. The summed E-state index contributed by atoms with van der Waals surface area (Å²) in [4.78, 5) is 15.2. The number of anilines is 2. The minimum atomic E-state index is -0.288. The Morgan fingerprint density at radius 2 is 1.52 bits per heavy atom. The average molecular weight is 412 g/mol. The maximum Gasteiger partial charge on any atom is 0.263 e.